The number of ether oxygens (including phenoxy) is 1. The van der Waals surface area contributed by atoms with Crippen molar-refractivity contribution in [3.05, 3.63) is 23.8 Å². The first-order valence-electron chi connectivity index (χ1n) is 6.32. The van der Waals surface area contributed by atoms with Crippen molar-refractivity contribution in [2.45, 2.75) is 12.2 Å². The lowest BCUT2D eigenvalue weighted by atomic mass is 10.0. The van der Waals surface area contributed by atoms with Gasteiger partial charge in [0.15, 0.2) is 11.5 Å². The molecule has 2 N–H and O–H groups in total. The quantitative estimate of drug-likeness (QED) is 0.895. The molecule has 0 saturated carbocycles. The first-order chi connectivity index (χ1) is 9.43. The molecule has 1 aromatic rings. The van der Waals surface area contributed by atoms with Crippen LogP contribution in [0.3, 0.4) is 0 Å². The van der Waals surface area contributed by atoms with Gasteiger partial charge in [-0.05, 0) is 17.7 Å². The number of phenols is 1. The van der Waals surface area contributed by atoms with Crippen molar-refractivity contribution in [1.82, 2.24) is 10.2 Å². The molecule has 1 aliphatic rings. The molecule has 0 bridgehead atoms. The van der Waals surface area contributed by atoms with E-state index >= 15 is 0 Å². The maximum Gasteiger partial charge on any atom is 0.408 e. The number of hydrogen-bond donors (Lipinski definition) is 2. The Morgan fingerprint density at radius 2 is 1.90 bits per heavy atom. The molecule has 0 radical (unpaired) electrons. The van der Waals surface area contributed by atoms with Crippen LogP contribution in [0.2, 0.25) is 0 Å². The summed E-state index contributed by atoms with van der Waals surface area (Å²) in [6.07, 6.45) is -4.38. The maximum atomic E-state index is 13.4. The zero-order valence-electron chi connectivity index (χ0n) is 11.5. The number of rotatable bonds is 3. The van der Waals surface area contributed by atoms with Crippen LogP contribution in [-0.2, 0) is 0 Å². The van der Waals surface area contributed by atoms with E-state index in [1.807, 2.05) is 0 Å². The lowest BCUT2D eigenvalue weighted by molar-refractivity contribution is -0.187. The second-order valence-electron chi connectivity index (χ2n) is 4.66. The third-order valence-corrected chi connectivity index (χ3v) is 3.35. The van der Waals surface area contributed by atoms with Crippen LogP contribution in [0.4, 0.5) is 13.2 Å². The summed E-state index contributed by atoms with van der Waals surface area (Å²) in [6.45, 7) is 1.71. The van der Waals surface area contributed by atoms with Gasteiger partial charge in [0.2, 0.25) is 0 Å². The first-order valence-corrected chi connectivity index (χ1v) is 6.32. The van der Waals surface area contributed by atoms with Gasteiger partial charge in [-0.15, -0.1) is 12.4 Å². The molecule has 2 rings (SSSR count). The minimum absolute atomic E-state index is 0. The summed E-state index contributed by atoms with van der Waals surface area (Å²) in [6, 6.07) is 2.09. The Bertz CT molecular complexity index is 465. The zero-order chi connectivity index (χ0) is 14.8. The molecule has 0 unspecified atom stereocenters. The van der Waals surface area contributed by atoms with Crippen LogP contribution in [0.15, 0.2) is 18.2 Å². The van der Waals surface area contributed by atoms with Crippen molar-refractivity contribution in [3.8, 4) is 11.5 Å². The molecule has 1 saturated heterocycles. The van der Waals surface area contributed by atoms with Gasteiger partial charge in [-0.25, -0.2) is 0 Å². The smallest absolute Gasteiger partial charge is 0.408 e. The molecule has 0 aliphatic carbocycles. The molecule has 0 amide bonds. The van der Waals surface area contributed by atoms with E-state index in [1.54, 1.807) is 0 Å². The van der Waals surface area contributed by atoms with Crippen LogP contribution in [0.1, 0.15) is 11.6 Å². The Morgan fingerprint density at radius 1 is 1.29 bits per heavy atom. The van der Waals surface area contributed by atoms with Crippen molar-refractivity contribution in [2.24, 2.45) is 0 Å². The molecule has 120 valence electrons. The van der Waals surface area contributed by atoms with E-state index in [-0.39, 0.29) is 29.5 Å². The summed E-state index contributed by atoms with van der Waals surface area (Å²) >= 11 is 0. The highest BCUT2D eigenvalue weighted by Gasteiger charge is 2.45. The number of nitrogens with one attached hydrogen (secondary N) is 1. The summed E-state index contributed by atoms with van der Waals surface area (Å²) in [4.78, 5) is 1.39. The van der Waals surface area contributed by atoms with Crippen LogP contribution in [0.25, 0.3) is 0 Å². The third kappa shape index (κ3) is 4.15. The van der Waals surface area contributed by atoms with Crippen LogP contribution in [-0.4, -0.2) is 49.5 Å². The predicted octanol–water partition coefficient (Wildman–Crippen LogP) is 2.33. The van der Waals surface area contributed by atoms with Gasteiger partial charge in [-0.3, -0.25) is 4.90 Å². The van der Waals surface area contributed by atoms with Crippen molar-refractivity contribution in [1.29, 1.82) is 0 Å². The Balaban J connectivity index is 0.00000220. The van der Waals surface area contributed by atoms with Crippen molar-refractivity contribution >= 4 is 12.4 Å². The summed E-state index contributed by atoms with van der Waals surface area (Å²) in [5, 5.41) is 12.5. The average Bonchev–Trinajstić information content (AvgIpc) is 2.40. The number of phenolic OH excluding ortho intramolecular Hbond substituents is 1. The fraction of sp³-hybridized carbons (Fsp3) is 0.538. The number of hydrogen-bond acceptors (Lipinski definition) is 4. The third-order valence-electron chi connectivity index (χ3n) is 3.35. The van der Waals surface area contributed by atoms with Crippen LogP contribution in [0.5, 0.6) is 11.5 Å². The maximum absolute atomic E-state index is 13.4. The van der Waals surface area contributed by atoms with E-state index in [1.165, 1.54) is 30.2 Å². The standard InChI is InChI=1S/C13H17F3N2O2.ClH/c1-20-11-8-9(2-3-10(11)19)12(13(14,15)16)18-6-4-17-5-7-18;/h2-3,8,12,17,19H,4-7H2,1H3;1H/t12-;/m0./s1. The number of halogens is 4. The summed E-state index contributed by atoms with van der Waals surface area (Å²) in [5.41, 5.74) is 0.0778. The number of methoxy groups -OCH3 is 1. The molecule has 1 atom stereocenters. The van der Waals surface area contributed by atoms with Gasteiger partial charge in [-0.1, -0.05) is 6.07 Å². The molecule has 21 heavy (non-hydrogen) atoms. The van der Waals surface area contributed by atoms with E-state index in [0.717, 1.165) is 0 Å². The van der Waals surface area contributed by atoms with Crippen LogP contribution in [0, 0.1) is 0 Å². The number of alkyl halides is 3. The molecule has 1 aromatic carbocycles. The highest BCUT2D eigenvalue weighted by molar-refractivity contribution is 5.85. The van der Waals surface area contributed by atoms with E-state index in [0.29, 0.717) is 26.2 Å². The second kappa shape index (κ2) is 7.20. The fourth-order valence-corrected chi connectivity index (χ4v) is 2.41. The van der Waals surface area contributed by atoms with Gasteiger partial charge >= 0.3 is 6.18 Å². The summed E-state index contributed by atoms with van der Waals surface area (Å²) in [5.74, 6) is -0.121. The average molecular weight is 327 g/mol. The molecule has 1 aliphatic heterocycles. The molecule has 0 aromatic heterocycles. The number of piperazine rings is 1. The molecular weight excluding hydrogens is 309 g/mol. The Labute approximate surface area is 127 Å². The minimum atomic E-state index is -4.38. The zero-order valence-corrected chi connectivity index (χ0v) is 12.3. The van der Waals surface area contributed by atoms with Gasteiger partial charge in [0.25, 0.3) is 0 Å². The Morgan fingerprint density at radius 3 is 2.43 bits per heavy atom. The van der Waals surface area contributed by atoms with E-state index in [4.69, 9.17) is 4.74 Å². The second-order valence-corrected chi connectivity index (χ2v) is 4.66. The molecule has 0 spiro atoms. The van der Waals surface area contributed by atoms with Gasteiger partial charge in [0, 0.05) is 26.2 Å². The van der Waals surface area contributed by atoms with E-state index in [2.05, 4.69) is 5.32 Å². The largest absolute Gasteiger partial charge is 0.504 e. The molecule has 1 fully saturated rings. The van der Waals surface area contributed by atoms with Gasteiger partial charge in [0.05, 0.1) is 7.11 Å². The number of aromatic hydroxyl groups is 1. The van der Waals surface area contributed by atoms with Crippen molar-refractivity contribution in [3.63, 3.8) is 0 Å². The molecule has 1 heterocycles. The fourth-order valence-electron chi connectivity index (χ4n) is 2.41. The normalized spacial score (nSPS) is 17.9. The summed E-state index contributed by atoms with van der Waals surface area (Å²) < 4.78 is 45.0. The van der Waals surface area contributed by atoms with E-state index < -0.39 is 12.2 Å². The van der Waals surface area contributed by atoms with Crippen LogP contribution >= 0.6 is 12.4 Å². The Hall–Kier alpha value is -1.18. The Kier molecular flexibility index (Phi) is 6.12. The van der Waals surface area contributed by atoms with Crippen LogP contribution < -0.4 is 10.1 Å². The monoisotopic (exact) mass is 326 g/mol. The van der Waals surface area contributed by atoms with Gasteiger partial charge in [0.1, 0.15) is 6.04 Å². The predicted molar refractivity (Wildman–Crippen MR) is 75.1 cm³/mol. The highest BCUT2D eigenvalue weighted by Crippen LogP contribution is 2.40. The van der Waals surface area contributed by atoms with Crippen molar-refractivity contribution < 1.29 is 23.0 Å². The minimum Gasteiger partial charge on any atom is -0.504 e. The molecule has 4 nitrogen and oxygen atoms in total. The highest BCUT2D eigenvalue weighted by atomic mass is 35.5. The van der Waals surface area contributed by atoms with Gasteiger partial charge in [-0.2, -0.15) is 13.2 Å². The first kappa shape index (κ1) is 17.9. The number of nitrogens with zero attached hydrogens (tertiary/aromatic N) is 1. The lowest BCUT2D eigenvalue weighted by Crippen LogP contribution is -2.49. The molecule has 8 heteroatoms. The van der Waals surface area contributed by atoms with Gasteiger partial charge < -0.3 is 15.2 Å². The number of benzene rings is 1. The lowest BCUT2D eigenvalue weighted by Gasteiger charge is -2.36. The van der Waals surface area contributed by atoms with Crippen molar-refractivity contribution in [2.75, 3.05) is 33.3 Å². The summed E-state index contributed by atoms with van der Waals surface area (Å²) in [7, 11) is 1.31. The SMILES string of the molecule is COc1cc([C@H](N2CCNCC2)C(F)(F)F)ccc1O.Cl. The molecular formula is C13H18ClF3N2O2. The van der Waals surface area contributed by atoms with E-state index in [9.17, 15) is 18.3 Å². The topological polar surface area (TPSA) is 44.7 Å².